The van der Waals surface area contributed by atoms with Gasteiger partial charge in [-0.1, -0.05) is 31.2 Å². The largest absolute Gasteiger partial charge is 0.326 e. The van der Waals surface area contributed by atoms with Crippen molar-refractivity contribution in [1.82, 2.24) is 4.90 Å². The van der Waals surface area contributed by atoms with Crippen molar-refractivity contribution in [1.29, 1.82) is 0 Å². The van der Waals surface area contributed by atoms with E-state index in [1.54, 1.807) is 0 Å². The Morgan fingerprint density at radius 2 is 2.29 bits per heavy atom. The number of rotatable bonds is 4. The van der Waals surface area contributed by atoms with Gasteiger partial charge in [0.1, 0.15) is 0 Å². The molecule has 0 saturated carbocycles. The summed E-state index contributed by atoms with van der Waals surface area (Å²) in [6.07, 6.45) is 3.92. The number of piperidine rings is 1. The van der Waals surface area contributed by atoms with Crippen molar-refractivity contribution in [3.05, 3.63) is 35.4 Å². The first-order valence-corrected chi connectivity index (χ1v) is 6.84. The second-order valence-electron chi connectivity index (χ2n) is 5.09. The number of nitrogens with two attached hydrogens (primary N) is 1. The Labute approximate surface area is 105 Å². The monoisotopic (exact) mass is 232 g/mol. The SMILES string of the molecule is CCCN1CCCC(c2cccc(CN)c2)C1. The lowest BCUT2D eigenvalue weighted by molar-refractivity contribution is 0.208. The standard InChI is InChI=1S/C15H24N2/c1-2-8-17-9-4-7-15(12-17)14-6-3-5-13(10-14)11-16/h3,5-6,10,15H,2,4,7-9,11-12,16H2,1H3. The Morgan fingerprint density at radius 3 is 3.06 bits per heavy atom. The predicted molar refractivity (Wildman–Crippen MR) is 73.0 cm³/mol. The van der Waals surface area contributed by atoms with Crippen molar-refractivity contribution in [3.63, 3.8) is 0 Å². The van der Waals surface area contributed by atoms with Gasteiger partial charge in [0.15, 0.2) is 0 Å². The zero-order valence-electron chi connectivity index (χ0n) is 10.9. The lowest BCUT2D eigenvalue weighted by Crippen LogP contribution is -2.34. The van der Waals surface area contributed by atoms with E-state index >= 15 is 0 Å². The minimum Gasteiger partial charge on any atom is -0.326 e. The van der Waals surface area contributed by atoms with Crippen molar-refractivity contribution < 1.29 is 0 Å². The fraction of sp³-hybridized carbons (Fsp3) is 0.600. The molecular formula is C15H24N2. The summed E-state index contributed by atoms with van der Waals surface area (Å²) in [6.45, 7) is 6.66. The highest BCUT2D eigenvalue weighted by molar-refractivity contribution is 5.27. The molecule has 1 heterocycles. The summed E-state index contributed by atoms with van der Waals surface area (Å²) < 4.78 is 0. The average molecular weight is 232 g/mol. The molecule has 2 N–H and O–H groups in total. The van der Waals surface area contributed by atoms with Crippen LogP contribution in [0.1, 0.15) is 43.2 Å². The average Bonchev–Trinajstić information content (AvgIpc) is 2.40. The van der Waals surface area contributed by atoms with Crippen LogP contribution in [0.3, 0.4) is 0 Å². The summed E-state index contributed by atoms with van der Waals surface area (Å²) in [5.74, 6) is 0.710. The Kier molecular flexibility index (Phi) is 4.57. The molecule has 1 saturated heterocycles. The first-order chi connectivity index (χ1) is 8.33. The molecule has 0 bridgehead atoms. The zero-order chi connectivity index (χ0) is 12.1. The molecule has 94 valence electrons. The number of hydrogen-bond acceptors (Lipinski definition) is 2. The van der Waals surface area contributed by atoms with Gasteiger partial charge < -0.3 is 10.6 Å². The highest BCUT2D eigenvalue weighted by atomic mass is 15.1. The van der Waals surface area contributed by atoms with Crippen LogP contribution in [0.5, 0.6) is 0 Å². The van der Waals surface area contributed by atoms with E-state index in [0.717, 1.165) is 0 Å². The van der Waals surface area contributed by atoms with Gasteiger partial charge in [-0.2, -0.15) is 0 Å². The minimum atomic E-state index is 0.652. The van der Waals surface area contributed by atoms with Crippen molar-refractivity contribution in [2.75, 3.05) is 19.6 Å². The van der Waals surface area contributed by atoms with Gasteiger partial charge in [0.25, 0.3) is 0 Å². The van der Waals surface area contributed by atoms with Gasteiger partial charge >= 0.3 is 0 Å². The van der Waals surface area contributed by atoms with E-state index in [9.17, 15) is 0 Å². The quantitative estimate of drug-likeness (QED) is 0.865. The molecule has 2 rings (SSSR count). The van der Waals surface area contributed by atoms with Crippen molar-refractivity contribution in [2.45, 2.75) is 38.6 Å². The normalized spacial score (nSPS) is 21.6. The van der Waals surface area contributed by atoms with E-state index in [-0.39, 0.29) is 0 Å². The van der Waals surface area contributed by atoms with E-state index in [1.807, 2.05) is 0 Å². The summed E-state index contributed by atoms with van der Waals surface area (Å²) in [7, 11) is 0. The number of likely N-dealkylation sites (tertiary alicyclic amines) is 1. The van der Waals surface area contributed by atoms with E-state index < -0.39 is 0 Å². The van der Waals surface area contributed by atoms with Gasteiger partial charge in [-0.3, -0.25) is 0 Å². The molecule has 1 aliphatic heterocycles. The Balaban J connectivity index is 2.05. The van der Waals surface area contributed by atoms with Crippen LogP contribution in [0.2, 0.25) is 0 Å². The highest BCUT2D eigenvalue weighted by Gasteiger charge is 2.20. The van der Waals surface area contributed by atoms with Crippen molar-refractivity contribution >= 4 is 0 Å². The third kappa shape index (κ3) is 3.30. The van der Waals surface area contributed by atoms with Crippen molar-refractivity contribution in [2.24, 2.45) is 5.73 Å². The van der Waals surface area contributed by atoms with E-state index in [0.29, 0.717) is 12.5 Å². The molecule has 0 amide bonds. The molecule has 1 aliphatic rings. The molecule has 17 heavy (non-hydrogen) atoms. The summed E-state index contributed by atoms with van der Waals surface area (Å²) in [6, 6.07) is 8.83. The lowest BCUT2D eigenvalue weighted by Gasteiger charge is -2.32. The van der Waals surface area contributed by atoms with Crippen LogP contribution >= 0.6 is 0 Å². The van der Waals surface area contributed by atoms with Crippen LogP contribution in [0.4, 0.5) is 0 Å². The minimum absolute atomic E-state index is 0.652. The smallest absolute Gasteiger partial charge is 0.0178 e. The summed E-state index contributed by atoms with van der Waals surface area (Å²) in [4.78, 5) is 2.60. The number of nitrogens with zero attached hydrogens (tertiary/aromatic N) is 1. The number of hydrogen-bond donors (Lipinski definition) is 1. The fourth-order valence-corrected chi connectivity index (χ4v) is 2.82. The van der Waals surface area contributed by atoms with E-state index in [2.05, 4.69) is 36.1 Å². The van der Waals surface area contributed by atoms with Gasteiger partial charge in [0, 0.05) is 13.1 Å². The maximum Gasteiger partial charge on any atom is 0.0178 e. The van der Waals surface area contributed by atoms with Gasteiger partial charge in [-0.25, -0.2) is 0 Å². The third-order valence-electron chi connectivity index (χ3n) is 3.70. The van der Waals surface area contributed by atoms with Crippen LogP contribution < -0.4 is 5.73 Å². The van der Waals surface area contributed by atoms with Gasteiger partial charge in [-0.05, 0) is 49.4 Å². The maximum atomic E-state index is 5.71. The molecule has 0 spiro atoms. The Morgan fingerprint density at radius 1 is 1.41 bits per heavy atom. The van der Waals surface area contributed by atoms with Crippen LogP contribution in [0.25, 0.3) is 0 Å². The summed E-state index contributed by atoms with van der Waals surface area (Å²) >= 11 is 0. The number of benzene rings is 1. The van der Waals surface area contributed by atoms with Crippen molar-refractivity contribution in [3.8, 4) is 0 Å². The van der Waals surface area contributed by atoms with Crippen LogP contribution in [-0.4, -0.2) is 24.5 Å². The molecule has 1 unspecified atom stereocenters. The first kappa shape index (κ1) is 12.6. The van der Waals surface area contributed by atoms with Gasteiger partial charge in [0.2, 0.25) is 0 Å². The second kappa shape index (κ2) is 6.18. The fourth-order valence-electron chi connectivity index (χ4n) is 2.82. The Hall–Kier alpha value is -0.860. The van der Waals surface area contributed by atoms with Gasteiger partial charge in [-0.15, -0.1) is 0 Å². The Bertz CT molecular complexity index is 347. The molecule has 2 nitrogen and oxygen atoms in total. The van der Waals surface area contributed by atoms with Crippen LogP contribution in [0.15, 0.2) is 24.3 Å². The maximum absolute atomic E-state index is 5.71. The van der Waals surface area contributed by atoms with Crippen LogP contribution in [-0.2, 0) is 6.54 Å². The third-order valence-corrected chi connectivity index (χ3v) is 3.70. The molecule has 1 aromatic carbocycles. The van der Waals surface area contributed by atoms with Crippen LogP contribution in [0, 0.1) is 0 Å². The molecule has 0 aromatic heterocycles. The molecule has 0 radical (unpaired) electrons. The highest BCUT2D eigenvalue weighted by Crippen LogP contribution is 2.27. The molecule has 2 heteroatoms. The molecule has 0 aliphatic carbocycles. The predicted octanol–water partition coefficient (Wildman–Crippen LogP) is 2.73. The summed E-state index contributed by atoms with van der Waals surface area (Å²) in [5, 5.41) is 0. The lowest BCUT2D eigenvalue weighted by atomic mass is 9.89. The molecule has 1 aromatic rings. The van der Waals surface area contributed by atoms with E-state index in [1.165, 1.54) is 50.0 Å². The zero-order valence-corrected chi connectivity index (χ0v) is 10.9. The van der Waals surface area contributed by atoms with Gasteiger partial charge in [0.05, 0.1) is 0 Å². The first-order valence-electron chi connectivity index (χ1n) is 6.84. The topological polar surface area (TPSA) is 29.3 Å². The second-order valence-corrected chi connectivity index (χ2v) is 5.09. The summed E-state index contributed by atoms with van der Waals surface area (Å²) in [5.41, 5.74) is 8.45. The van der Waals surface area contributed by atoms with E-state index in [4.69, 9.17) is 5.73 Å². The molecular weight excluding hydrogens is 208 g/mol. The molecule has 1 atom stereocenters. The molecule has 1 fully saturated rings.